The summed E-state index contributed by atoms with van der Waals surface area (Å²) in [5.74, 6) is -3.71. The number of carbonyl (C=O) groups excluding carboxylic acids is 3. The largest absolute Gasteiger partial charge is 0.487 e. The van der Waals surface area contributed by atoms with Crippen LogP contribution in [-0.2, 0) is 20.9 Å². The van der Waals surface area contributed by atoms with E-state index in [1.54, 1.807) is 12.1 Å². The van der Waals surface area contributed by atoms with E-state index >= 15 is 0 Å². The molecule has 0 unspecified atom stereocenters. The van der Waals surface area contributed by atoms with Crippen molar-refractivity contribution in [1.29, 1.82) is 0 Å². The van der Waals surface area contributed by atoms with E-state index in [1.807, 2.05) is 12.3 Å². The fraction of sp³-hybridized carbons (Fsp3) is 0.182. The molecule has 0 atom stereocenters. The van der Waals surface area contributed by atoms with Gasteiger partial charge in [-0.15, -0.1) is 11.3 Å². The number of carbonyl (C=O) groups is 3. The summed E-state index contributed by atoms with van der Waals surface area (Å²) in [6.07, 6.45) is 0. The molecule has 0 radical (unpaired) electrons. The number of aryl methyl sites for hydroxylation is 1. The van der Waals surface area contributed by atoms with Crippen molar-refractivity contribution in [2.45, 2.75) is 13.5 Å². The lowest BCUT2D eigenvalue weighted by atomic mass is 10.2. The average molecular weight is 475 g/mol. The number of benzene rings is 2. The van der Waals surface area contributed by atoms with Crippen molar-refractivity contribution < 1.29 is 32.6 Å². The summed E-state index contributed by atoms with van der Waals surface area (Å²) in [5, 5.41) is 7.40. The van der Waals surface area contributed by atoms with Crippen LogP contribution in [0.3, 0.4) is 0 Å². The first kappa shape index (κ1) is 23.8. The third-order valence-corrected chi connectivity index (χ3v) is 4.95. The second-order valence-corrected chi connectivity index (χ2v) is 7.76. The van der Waals surface area contributed by atoms with Gasteiger partial charge in [0.25, 0.3) is 5.91 Å². The number of ether oxygens (including phenoxy) is 2. The Morgan fingerprint density at radius 3 is 2.45 bits per heavy atom. The Bertz CT molecular complexity index is 1150. The molecule has 1 heterocycles. The minimum Gasteiger partial charge on any atom is -0.487 e. The Morgan fingerprint density at radius 2 is 1.79 bits per heavy atom. The van der Waals surface area contributed by atoms with Crippen LogP contribution in [0.5, 0.6) is 5.75 Å². The number of nitrogens with one attached hydrogen (secondary N) is 2. The molecule has 0 spiro atoms. The van der Waals surface area contributed by atoms with E-state index in [4.69, 9.17) is 9.47 Å². The minimum absolute atomic E-state index is 0.0358. The summed E-state index contributed by atoms with van der Waals surface area (Å²) in [5.41, 5.74) is 1.06. The molecule has 0 saturated carbocycles. The minimum atomic E-state index is -1.11. The Morgan fingerprint density at radius 1 is 1.03 bits per heavy atom. The molecular weight excluding hydrogens is 456 g/mol. The highest BCUT2D eigenvalue weighted by atomic mass is 32.1. The fourth-order valence-electron chi connectivity index (χ4n) is 2.54. The van der Waals surface area contributed by atoms with Crippen LogP contribution < -0.4 is 15.4 Å². The van der Waals surface area contributed by atoms with Gasteiger partial charge in [0.15, 0.2) is 18.2 Å². The lowest BCUT2D eigenvalue weighted by Crippen LogP contribution is -2.35. The van der Waals surface area contributed by atoms with E-state index in [2.05, 4.69) is 15.6 Å². The van der Waals surface area contributed by atoms with Crippen molar-refractivity contribution in [2.24, 2.45) is 0 Å². The van der Waals surface area contributed by atoms with Crippen LogP contribution in [0, 0.1) is 18.6 Å². The quantitative estimate of drug-likeness (QED) is 0.461. The Labute approximate surface area is 191 Å². The van der Waals surface area contributed by atoms with Gasteiger partial charge in [-0.25, -0.2) is 18.6 Å². The molecule has 3 aromatic rings. The van der Waals surface area contributed by atoms with Gasteiger partial charge in [-0.3, -0.25) is 9.59 Å². The van der Waals surface area contributed by atoms with E-state index < -0.39 is 42.6 Å². The molecule has 2 aromatic carbocycles. The van der Waals surface area contributed by atoms with E-state index in [1.165, 1.54) is 29.5 Å². The highest BCUT2D eigenvalue weighted by Crippen LogP contribution is 2.16. The van der Waals surface area contributed by atoms with E-state index in [-0.39, 0.29) is 11.3 Å². The molecule has 1 aromatic heterocycles. The van der Waals surface area contributed by atoms with Gasteiger partial charge in [0, 0.05) is 17.1 Å². The third-order valence-electron chi connectivity index (χ3n) is 4.13. The van der Waals surface area contributed by atoms with E-state index in [0.717, 1.165) is 22.8 Å². The number of thiazole rings is 1. The number of hydrogen-bond donors (Lipinski definition) is 2. The number of amides is 2. The van der Waals surface area contributed by atoms with Gasteiger partial charge in [-0.1, -0.05) is 0 Å². The van der Waals surface area contributed by atoms with Crippen LogP contribution in [0.25, 0.3) is 0 Å². The van der Waals surface area contributed by atoms with Gasteiger partial charge in [0.05, 0.1) is 22.8 Å². The maximum atomic E-state index is 13.1. The molecule has 0 fully saturated rings. The van der Waals surface area contributed by atoms with Crippen molar-refractivity contribution in [3.8, 4) is 5.75 Å². The topological polar surface area (TPSA) is 107 Å². The summed E-state index contributed by atoms with van der Waals surface area (Å²) in [4.78, 5) is 40.0. The fourth-order valence-corrected chi connectivity index (χ4v) is 3.14. The zero-order valence-electron chi connectivity index (χ0n) is 17.4. The molecule has 0 aliphatic carbocycles. The van der Waals surface area contributed by atoms with Crippen molar-refractivity contribution >= 4 is 34.8 Å². The zero-order chi connectivity index (χ0) is 23.8. The molecule has 33 heavy (non-hydrogen) atoms. The van der Waals surface area contributed by atoms with Gasteiger partial charge in [-0.05, 0) is 43.3 Å². The van der Waals surface area contributed by atoms with E-state index in [0.29, 0.717) is 12.4 Å². The molecule has 8 nitrogen and oxygen atoms in total. The van der Waals surface area contributed by atoms with Crippen molar-refractivity contribution in [3.63, 3.8) is 0 Å². The number of nitrogens with zero attached hydrogens (tertiary/aromatic N) is 1. The Hall–Kier alpha value is -3.86. The van der Waals surface area contributed by atoms with Crippen molar-refractivity contribution in [3.05, 3.63) is 75.7 Å². The van der Waals surface area contributed by atoms with Crippen LogP contribution in [0.2, 0.25) is 0 Å². The molecular formula is C22H19F2N3O5S. The molecule has 11 heteroatoms. The molecule has 0 aliphatic heterocycles. The summed E-state index contributed by atoms with van der Waals surface area (Å²) < 4.78 is 36.5. The van der Waals surface area contributed by atoms with Crippen LogP contribution in [-0.4, -0.2) is 35.9 Å². The second kappa shape index (κ2) is 11.1. The van der Waals surface area contributed by atoms with Gasteiger partial charge >= 0.3 is 5.97 Å². The highest BCUT2D eigenvalue weighted by Gasteiger charge is 2.12. The van der Waals surface area contributed by atoms with Gasteiger partial charge in [-0.2, -0.15) is 0 Å². The maximum Gasteiger partial charge on any atom is 0.338 e. The Kier molecular flexibility index (Phi) is 8.03. The number of halogens is 2. The number of esters is 1. The van der Waals surface area contributed by atoms with Crippen molar-refractivity contribution in [2.75, 3.05) is 18.5 Å². The summed E-state index contributed by atoms with van der Waals surface area (Å²) >= 11 is 1.53. The monoisotopic (exact) mass is 475 g/mol. The third kappa shape index (κ3) is 7.35. The van der Waals surface area contributed by atoms with Gasteiger partial charge in [0.2, 0.25) is 5.91 Å². The normalized spacial score (nSPS) is 10.4. The first-order valence-electron chi connectivity index (χ1n) is 9.63. The Balaban J connectivity index is 1.38. The van der Waals surface area contributed by atoms with Gasteiger partial charge < -0.3 is 20.1 Å². The molecule has 2 N–H and O–H groups in total. The van der Waals surface area contributed by atoms with Crippen LogP contribution in [0.4, 0.5) is 14.5 Å². The smallest absolute Gasteiger partial charge is 0.338 e. The molecule has 2 amide bonds. The lowest BCUT2D eigenvalue weighted by Gasteiger charge is -2.08. The molecule has 3 rings (SSSR count). The number of hydrogen-bond acceptors (Lipinski definition) is 7. The summed E-state index contributed by atoms with van der Waals surface area (Å²) in [6, 6.07) is 9.04. The first-order valence-corrected chi connectivity index (χ1v) is 10.5. The average Bonchev–Trinajstić information content (AvgIpc) is 3.22. The van der Waals surface area contributed by atoms with Crippen LogP contribution in [0.1, 0.15) is 21.1 Å². The highest BCUT2D eigenvalue weighted by molar-refractivity contribution is 7.09. The maximum absolute atomic E-state index is 13.1. The van der Waals surface area contributed by atoms with E-state index in [9.17, 15) is 23.2 Å². The molecule has 0 aliphatic rings. The van der Waals surface area contributed by atoms with Gasteiger partial charge in [0.1, 0.15) is 12.4 Å². The number of rotatable bonds is 9. The molecule has 0 bridgehead atoms. The predicted molar refractivity (Wildman–Crippen MR) is 116 cm³/mol. The van der Waals surface area contributed by atoms with Crippen LogP contribution >= 0.6 is 11.3 Å². The lowest BCUT2D eigenvalue weighted by molar-refractivity contribution is -0.126. The first-order chi connectivity index (χ1) is 15.8. The SMILES string of the molecule is Cc1nc(COc2ccc(C(=O)OCC(=O)NCC(=O)Nc3ccc(F)c(F)c3)cc2)cs1. The van der Waals surface area contributed by atoms with Crippen LogP contribution in [0.15, 0.2) is 47.8 Å². The van der Waals surface area contributed by atoms with Crippen molar-refractivity contribution in [1.82, 2.24) is 10.3 Å². The second-order valence-electron chi connectivity index (χ2n) is 6.70. The summed E-state index contributed by atoms with van der Waals surface area (Å²) in [7, 11) is 0. The zero-order valence-corrected chi connectivity index (χ0v) is 18.2. The predicted octanol–water partition coefficient (Wildman–Crippen LogP) is 3.22. The molecule has 0 saturated heterocycles. The standard InChI is InChI=1S/C22H19F2N3O5S/c1-13-26-16(12-33-13)10-31-17-5-2-14(3-6-17)22(30)32-11-21(29)25-9-20(28)27-15-4-7-18(23)19(24)8-15/h2-8,12H,9-11H2,1H3,(H,25,29)(H,27,28). The number of aromatic nitrogens is 1. The molecule has 172 valence electrons. The summed E-state index contributed by atoms with van der Waals surface area (Å²) in [6.45, 7) is 1.16. The number of anilines is 1.